The molecule has 3 aromatic rings. The van der Waals surface area contributed by atoms with Gasteiger partial charge in [-0.3, -0.25) is 10.1 Å². The molecule has 1 aromatic heterocycles. The molecule has 0 aliphatic rings. The summed E-state index contributed by atoms with van der Waals surface area (Å²) in [6.45, 7) is 0. The van der Waals surface area contributed by atoms with Crippen LogP contribution in [-0.2, 0) is 5.33 Å². The molecule has 2 aromatic carbocycles. The summed E-state index contributed by atoms with van der Waals surface area (Å²) in [5.41, 5.74) is 2.97. The number of benzene rings is 2. The van der Waals surface area contributed by atoms with Crippen molar-refractivity contribution in [2.45, 2.75) is 5.33 Å². The van der Waals surface area contributed by atoms with Crippen molar-refractivity contribution in [1.29, 1.82) is 0 Å². The highest BCUT2D eigenvalue weighted by Crippen LogP contribution is 2.27. The van der Waals surface area contributed by atoms with E-state index in [2.05, 4.69) is 20.9 Å². The van der Waals surface area contributed by atoms with Crippen LogP contribution < -0.4 is 0 Å². The quantitative estimate of drug-likeness (QED) is 0.407. The standard InChI is InChI=1S/C14H9BrN2O3/c15-8-9-2-1-3-10(6-9)14-16-12-5-4-11(17(18)19)7-13(12)20-14/h1-7H,8H2. The fourth-order valence-electron chi connectivity index (χ4n) is 1.94. The Morgan fingerprint density at radius 3 is 2.85 bits per heavy atom. The van der Waals surface area contributed by atoms with Gasteiger partial charge in [-0.2, -0.15) is 0 Å². The third-order valence-corrected chi connectivity index (χ3v) is 3.56. The van der Waals surface area contributed by atoms with Crippen LogP contribution in [-0.4, -0.2) is 9.91 Å². The molecule has 3 rings (SSSR count). The summed E-state index contributed by atoms with van der Waals surface area (Å²) in [5, 5.41) is 11.5. The lowest BCUT2D eigenvalue weighted by Gasteiger charge is -1.98. The Labute approximate surface area is 122 Å². The first-order valence-corrected chi connectivity index (χ1v) is 7.00. The number of halogens is 1. The number of aromatic nitrogens is 1. The maximum Gasteiger partial charge on any atom is 0.273 e. The van der Waals surface area contributed by atoms with Gasteiger partial charge in [-0.05, 0) is 23.8 Å². The van der Waals surface area contributed by atoms with E-state index in [9.17, 15) is 10.1 Å². The Kier molecular flexibility index (Phi) is 3.23. The van der Waals surface area contributed by atoms with E-state index in [0.29, 0.717) is 17.0 Å². The van der Waals surface area contributed by atoms with Gasteiger partial charge in [0, 0.05) is 17.0 Å². The van der Waals surface area contributed by atoms with Crippen LogP contribution in [0.1, 0.15) is 5.56 Å². The molecule has 0 amide bonds. The Morgan fingerprint density at radius 2 is 2.10 bits per heavy atom. The molecule has 0 N–H and O–H groups in total. The zero-order chi connectivity index (χ0) is 14.1. The minimum absolute atomic E-state index is 0.00518. The molecule has 100 valence electrons. The largest absolute Gasteiger partial charge is 0.436 e. The first-order valence-electron chi connectivity index (χ1n) is 5.87. The molecule has 0 aliphatic heterocycles. The van der Waals surface area contributed by atoms with Crippen LogP contribution >= 0.6 is 15.9 Å². The minimum Gasteiger partial charge on any atom is -0.436 e. The minimum atomic E-state index is -0.451. The summed E-state index contributed by atoms with van der Waals surface area (Å²) in [6.07, 6.45) is 0. The lowest BCUT2D eigenvalue weighted by atomic mass is 10.1. The van der Waals surface area contributed by atoms with Crippen LogP contribution in [0.4, 0.5) is 5.69 Å². The third-order valence-electron chi connectivity index (χ3n) is 2.91. The van der Waals surface area contributed by atoms with E-state index in [1.165, 1.54) is 12.1 Å². The molecule has 5 nitrogen and oxygen atoms in total. The van der Waals surface area contributed by atoms with E-state index in [4.69, 9.17) is 4.42 Å². The second-order valence-corrected chi connectivity index (χ2v) is 4.82. The lowest BCUT2D eigenvalue weighted by molar-refractivity contribution is -0.384. The van der Waals surface area contributed by atoms with Gasteiger partial charge in [-0.1, -0.05) is 28.1 Å². The molecule has 0 saturated carbocycles. The van der Waals surface area contributed by atoms with Crippen molar-refractivity contribution in [3.05, 3.63) is 58.1 Å². The fourth-order valence-corrected chi connectivity index (χ4v) is 2.29. The fraction of sp³-hybridized carbons (Fsp3) is 0.0714. The molecule has 0 bridgehead atoms. The monoisotopic (exact) mass is 332 g/mol. The van der Waals surface area contributed by atoms with E-state index in [1.54, 1.807) is 6.07 Å². The highest BCUT2D eigenvalue weighted by Gasteiger charge is 2.12. The summed E-state index contributed by atoms with van der Waals surface area (Å²) >= 11 is 3.40. The van der Waals surface area contributed by atoms with Gasteiger partial charge in [0.1, 0.15) is 5.52 Å². The van der Waals surface area contributed by atoms with Crippen molar-refractivity contribution in [3.8, 4) is 11.5 Å². The highest BCUT2D eigenvalue weighted by atomic mass is 79.9. The number of oxazole rings is 1. The number of non-ortho nitro benzene ring substituents is 1. The van der Waals surface area contributed by atoms with Gasteiger partial charge in [0.05, 0.1) is 11.0 Å². The van der Waals surface area contributed by atoms with Crippen LogP contribution in [0.3, 0.4) is 0 Å². The number of alkyl halides is 1. The van der Waals surface area contributed by atoms with Crippen molar-refractivity contribution in [3.63, 3.8) is 0 Å². The van der Waals surface area contributed by atoms with E-state index < -0.39 is 4.92 Å². The first-order chi connectivity index (χ1) is 9.67. The average molecular weight is 333 g/mol. The van der Waals surface area contributed by atoms with Crippen molar-refractivity contribution in [2.24, 2.45) is 0 Å². The predicted molar refractivity (Wildman–Crippen MR) is 78.7 cm³/mol. The second kappa shape index (κ2) is 5.05. The van der Waals surface area contributed by atoms with E-state index in [1.807, 2.05) is 24.3 Å². The SMILES string of the molecule is O=[N+]([O-])c1ccc2nc(-c3cccc(CBr)c3)oc2c1. The summed E-state index contributed by atoms with van der Waals surface area (Å²) in [4.78, 5) is 14.6. The van der Waals surface area contributed by atoms with Crippen LogP contribution in [0.15, 0.2) is 46.9 Å². The maximum atomic E-state index is 10.7. The van der Waals surface area contributed by atoms with Gasteiger partial charge in [-0.15, -0.1) is 0 Å². The van der Waals surface area contributed by atoms with Gasteiger partial charge in [0.2, 0.25) is 5.89 Å². The number of nitro benzene ring substituents is 1. The average Bonchev–Trinajstić information content (AvgIpc) is 2.90. The van der Waals surface area contributed by atoms with Gasteiger partial charge in [0.15, 0.2) is 5.58 Å². The van der Waals surface area contributed by atoms with Gasteiger partial charge < -0.3 is 4.42 Å². The number of fused-ring (bicyclic) bond motifs is 1. The molecule has 1 heterocycles. The topological polar surface area (TPSA) is 69.2 Å². The Hall–Kier alpha value is -2.21. The van der Waals surface area contributed by atoms with Crippen molar-refractivity contribution >= 4 is 32.7 Å². The van der Waals surface area contributed by atoms with Crippen LogP contribution in [0.25, 0.3) is 22.6 Å². The zero-order valence-electron chi connectivity index (χ0n) is 10.2. The van der Waals surface area contributed by atoms with Crippen molar-refractivity contribution < 1.29 is 9.34 Å². The van der Waals surface area contributed by atoms with Gasteiger partial charge in [-0.25, -0.2) is 4.98 Å². The molecule has 0 aliphatic carbocycles. The molecular weight excluding hydrogens is 324 g/mol. The molecule has 0 atom stereocenters. The molecule has 0 unspecified atom stereocenters. The van der Waals surface area contributed by atoms with E-state index in [0.717, 1.165) is 16.5 Å². The summed E-state index contributed by atoms with van der Waals surface area (Å²) < 4.78 is 5.61. The Bertz CT molecular complexity index is 798. The van der Waals surface area contributed by atoms with Crippen molar-refractivity contribution in [2.75, 3.05) is 0 Å². The van der Waals surface area contributed by atoms with Crippen LogP contribution in [0.5, 0.6) is 0 Å². The Balaban J connectivity index is 2.10. The first kappa shape index (κ1) is 12.8. The summed E-state index contributed by atoms with van der Waals surface area (Å²) in [5.74, 6) is 0.461. The van der Waals surface area contributed by atoms with E-state index >= 15 is 0 Å². The maximum absolute atomic E-state index is 10.7. The Morgan fingerprint density at radius 1 is 1.25 bits per heavy atom. The molecule has 0 saturated heterocycles. The number of nitro groups is 1. The van der Waals surface area contributed by atoms with E-state index in [-0.39, 0.29) is 5.69 Å². The third kappa shape index (κ3) is 2.30. The molecular formula is C14H9BrN2O3. The zero-order valence-corrected chi connectivity index (χ0v) is 11.8. The normalized spacial score (nSPS) is 10.8. The van der Waals surface area contributed by atoms with Crippen molar-refractivity contribution in [1.82, 2.24) is 4.98 Å². The molecule has 20 heavy (non-hydrogen) atoms. The molecule has 0 spiro atoms. The van der Waals surface area contributed by atoms with Crippen LogP contribution in [0, 0.1) is 10.1 Å². The molecule has 0 fully saturated rings. The van der Waals surface area contributed by atoms with Gasteiger partial charge in [0.25, 0.3) is 5.69 Å². The number of rotatable bonds is 3. The number of nitrogens with zero attached hydrogens (tertiary/aromatic N) is 2. The van der Waals surface area contributed by atoms with Gasteiger partial charge >= 0.3 is 0 Å². The summed E-state index contributed by atoms with van der Waals surface area (Å²) in [7, 11) is 0. The lowest BCUT2D eigenvalue weighted by Crippen LogP contribution is -1.86. The smallest absolute Gasteiger partial charge is 0.273 e. The number of hydrogen-bond acceptors (Lipinski definition) is 4. The number of hydrogen-bond donors (Lipinski definition) is 0. The summed E-state index contributed by atoms with van der Waals surface area (Å²) in [6, 6.07) is 12.2. The van der Waals surface area contributed by atoms with Crippen LogP contribution in [0.2, 0.25) is 0 Å². The highest BCUT2D eigenvalue weighted by molar-refractivity contribution is 9.08. The predicted octanol–water partition coefficient (Wildman–Crippen LogP) is 4.30. The second-order valence-electron chi connectivity index (χ2n) is 4.26. The molecule has 6 heteroatoms. The molecule has 0 radical (unpaired) electrons.